The summed E-state index contributed by atoms with van der Waals surface area (Å²) < 4.78 is 0. The Morgan fingerprint density at radius 1 is 1.25 bits per heavy atom. The molecule has 2 atom stereocenters. The van der Waals surface area contributed by atoms with Crippen LogP contribution in [0.5, 0.6) is 0 Å². The summed E-state index contributed by atoms with van der Waals surface area (Å²) in [6.07, 6.45) is 1.41. The number of hydrogen-bond acceptors (Lipinski definition) is 4. The molecule has 20 heavy (non-hydrogen) atoms. The summed E-state index contributed by atoms with van der Waals surface area (Å²) in [5.74, 6) is -0.392. The van der Waals surface area contributed by atoms with Crippen LogP contribution in [-0.2, 0) is 9.59 Å². The van der Waals surface area contributed by atoms with Crippen LogP contribution in [-0.4, -0.2) is 31.3 Å². The van der Waals surface area contributed by atoms with Crippen molar-refractivity contribution in [2.75, 3.05) is 13.6 Å². The van der Waals surface area contributed by atoms with E-state index in [1.165, 1.54) is 6.92 Å². The van der Waals surface area contributed by atoms with Gasteiger partial charge < -0.3 is 16.4 Å². The summed E-state index contributed by atoms with van der Waals surface area (Å²) in [5, 5.41) is 5.73. The van der Waals surface area contributed by atoms with Crippen LogP contribution in [0.4, 0.5) is 0 Å². The standard InChI is InChI=1S/C15H23N3O2/c1-11(19)14(12-7-4-3-5-8-12)18-15(20)13(16)9-6-10-17-2/h3-5,7-8,13-14,17H,6,9-10,16H2,1-2H3,(H,18,20). The van der Waals surface area contributed by atoms with E-state index in [9.17, 15) is 9.59 Å². The van der Waals surface area contributed by atoms with Crippen LogP contribution in [0.3, 0.4) is 0 Å². The molecule has 0 aliphatic carbocycles. The third-order valence-electron chi connectivity index (χ3n) is 3.10. The van der Waals surface area contributed by atoms with E-state index in [2.05, 4.69) is 10.6 Å². The number of hydrogen-bond donors (Lipinski definition) is 3. The zero-order valence-corrected chi connectivity index (χ0v) is 12.1. The molecule has 1 rings (SSSR count). The molecule has 2 unspecified atom stereocenters. The highest BCUT2D eigenvalue weighted by atomic mass is 16.2. The second-order valence-electron chi connectivity index (χ2n) is 4.82. The number of amides is 1. The second-order valence-corrected chi connectivity index (χ2v) is 4.82. The van der Waals surface area contributed by atoms with Crippen molar-refractivity contribution in [3.8, 4) is 0 Å². The predicted octanol–water partition coefficient (Wildman–Crippen LogP) is 0.760. The maximum absolute atomic E-state index is 12.0. The van der Waals surface area contributed by atoms with Crippen molar-refractivity contribution in [3.63, 3.8) is 0 Å². The maximum atomic E-state index is 12.0. The molecule has 1 aromatic carbocycles. The van der Waals surface area contributed by atoms with Gasteiger partial charge in [0.15, 0.2) is 5.78 Å². The first-order chi connectivity index (χ1) is 9.56. The average Bonchev–Trinajstić information content (AvgIpc) is 2.45. The van der Waals surface area contributed by atoms with Crippen molar-refractivity contribution in [1.82, 2.24) is 10.6 Å². The molecule has 0 aliphatic heterocycles. The first-order valence-electron chi connectivity index (χ1n) is 6.82. The quantitative estimate of drug-likeness (QED) is 0.613. The maximum Gasteiger partial charge on any atom is 0.237 e. The molecule has 1 amide bonds. The Bertz CT molecular complexity index is 434. The minimum atomic E-state index is -0.626. The third-order valence-corrected chi connectivity index (χ3v) is 3.10. The Morgan fingerprint density at radius 3 is 2.45 bits per heavy atom. The molecule has 0 aliphatic rings. The Hall–Kier alpha value is -1.72. The van der Waals surface area contributed by atoms with Gasteiger partial charge in [-0.25, -0.2) is 0 Å². The lowest BCUT2D eigenvalue weighted by atomic mass is 10.0. The number of benzene rings is 1. The highest BCUT2D eigenvalue weighted by molar-refractivity contribution is 5.90. The lowest BCUT2D eigenvalue weighted by Gasteiger charge is -2.19. The Balaban J connectivity index is 2.62. The van der Waals surface area contributed by atoms with Gasteiger partial charge in [-0.1, -0.05) is 30.3 Å². The van der Waals surface area contributed by atoms with Crippen molar-refractivity contribution in [2.24, 2.45) is 5.73 Å². The zero-order chi connectivity index (χ0) is 15.0. The molecule has 0 aromatic heterocycles. The van der Waals surface area contributed by atoms with E-state index >= 15 is 0 Å². The van der Waals surface area contributed by atoms with Crippen LogP contribution in [0.25, 0.3) is 0 Å². The van der Waals surface area contributed by atoms with Crippen LogP contribution < -0.4 is 16.4 Å². The fraction of sp³-hybridized carbons (Fsp3) is 0.467. The van der Waals surface area contributed by atoms with Gasteiger partial charge >= 0.3 is 0 Å². The zero-order valence-electron chi connectivity index (χ0n) is 12.1. The summed E-state index contributed by atoms with van der Waals surface area (Å²) in [5.41, 5.74) is 6.61. The van der Waals surface area contributed by atoms with E-state index in [4.69, 9.17) is 5.73 Å². The smallest absolute Gasteiger partial charge is 0.237 e. The minimum absolute atomic E-state index is 0.105. The summed E-state index contributed by atoms with van der Waals surface area (Å²) in [4.78, 5) is 23.7. The molecule has 0 radical (unpaired) electrons. The van der Waals surface area contributed by atoms with Gasteiger partial charge in [-0.05, 0) is 38.9 Å². The van der Waals surface area contributed by atoms with Gasteiger partial charge in [0.2, 0.25) is 5.91 Å². The molecular weight excluding hydrogens is 254 g/mol. The van der Waals surface area contributed by atoms with Gasteiger partial charge in [0, 0.05) is 0 Å². The lowest BCUT2D eigenvalue weighted by Crippen LogP contribution is -2.44. The molecule has 0 bridgehead atoms. The molecule has 1 aromatic rings. The van der Waals surface area contributed by atoms with E-state index in [0.29, 0.717) is 6.42 Å². The van der Waals surface area contributed by atoms with Crippen molar-refractivity contribution in [3.05, 3.63) is 35.9 Å². The van der Waals surface area contributed by atoms with Crippen molar-refractivity contribution in [2.45, 2.75) is 31.8 Å². The molecular formula is C15H23N3O2. The number of nitrogens with one attached hydrogen (secondary N) is 2. The van der Waals surface area contributed by atoms with Gasteiger partial charge in [0.1, 0.15) is 6.04 Å². The third kappa shape index (κ3) is 5.11. The van der Waals surface area contributed by atoms with E-state index in [-0.39, 0.29) is 11.7 Å². The summed E-state index contributed by atoms with van der Waals surface area (Å²) >= 11 is 0. The summed E-state index contributed by atoms with van der Waals surface area (Å²) in [7, 11) is 1.85. The fourth-order valence-corrected chi connectivity index (χ4v) is 1.94. The van der Waals surface area contributed by atoms with Crippen LogP contribution in [0.1, 0.15) is 31.4 Å². The number of carbonyl (C=O) groups is 2. The highest BCUT2D eigenvalue weighted by Gasteiger charge is 2.22. The van der Waals surface area contributed by atoms with Gasteiger partial charge in [-0.3, -0.25) is 9.59 Å². The number of nitrogens with two attached hydrogens (primary N) is 1. The molecule has 0 fully saturated rings. The highest BCUT2D eigenvalue weighted by Crippen LogP contribution is 2.13. The largest absolute Gasteiger partial charge is 0.341 e. The molecule has 0 spiro atoms. The second kappa shape index (κ2) is 8.45. The average molecular weight is 277 g/mol. The topological polar surface area (TPSA) is 84.2 Å². The number of ketones is 1. The predicted molar refractivity (Wildman–Crippen MR) is 79.1 cm³/mol. The molecule has 0 saturated carbocycles. The van der Waals surface area contributed by atoms with E-state index < -0.39 is 12.1 Å². The molecule has 0 heterocycles. The van der Waals surface area contributed by atoms with Gasteiger partial charge in [-0.15, -0.1) is 0 Å². The number of rotatable bonds is 8. The Morgan fingerprint density at radius 2 is 1.90 bits per heavy atom. The van der Waals surface area contributed by atoms with Gasteiger partial charge in [0.05, 0.1) is 6.04 Å². The normalized spacial score (nSPS) is 13.6. The molecule has 5 heteroatoms. The Kier molecular flexibility index (Phi) is 6.90. The first-order valence-corrected chi connectivity index (χ1v) is 6.82. The van der Waals surface area contributed by atoms with E-state index in [1.807, 2.05) is 37.4 Å². The summed E-state index contributed by atoms with van der Waals surface area (Å²) in [6, 6.07) is 7.96. The van der Waals surface area contributed by atoms with Crippen molar-refractivity contribution < 1.29 is 9.59 Å². The van der Waals surface area contributed by atoms with E-state index in [0.717, 1.165) is 18.5 Å². The Labute approximate surface area is 119 Å². The van der Waals surface area contributed by atoms with Crippen molar-refractivity contribution in [1.29, 1.82) is 0 Å². The SMILES string of the molecule is CNCCCC(N)C(=O)NC(C(C)=O)c1ccccc1. The molecule has 110 valence electrons. The number of Topliss-reactive ketones (excluding diaryl/α,β-unsaturated/α-hetero) is 1. The van der Waals surface area contributed by atoms with Crippen LogP contribution in [0.2, 0.25) is 0 Å². The molecule has 0 saturated heterocycles. The molecule has 4 N–H and O–H groups in total. The summed E-state index contributed by atoms with van der Waals surface area (Å²) in [6.45, 7) is 2.28. The number of carbonyl (C=O) groups excluding carboxylic acids is 2. The lowest BCUT2D eigenvalue weighted by molar-refractivity contribution is -0.127. The van der Waals surface area contributed by atoms with Crippen LogP contribution >= 0.6 is 0 Å². The minimum Gasteiger partial charge on any atom is -0.341 e. The van der Waals surface area contributed by atoms with Crippen molar-refractivity contribution >= 4 is 11.7 Å². The van der Waals surface area contributed by atoms with Gasteiger partial charge in [-0.2, -0.15) is 0 Å². The van der Waals surface area contributed by atoms with Crippen LogP contribution in [0, 0.1) is 0 Å². The molecule has 5 nitrogen and oxygen atoms in total. The first kappa shape index (κ1) is 16.3. The van der Waals surface area contributed by atoms with Crippen LogP contribution in [0.15, 0.2) is 30.3 Å². The van der Waals surface area contributed by atoms with Gasteiger partial charge in [0.25, 0.3) is 0 Å². The monoisotopic (exact) mass is 277 g/mol. The fourth-order valence-electron chi connectivity index (χ4n) is 1.94. The van der Waals surface area contributed by atoms with E-state index in [1.54, 1.807) is 0 Å².